The first-order valence-electron chi connectivity index (χ1n) is 17.0. The quantitative estimate of drug-likeness (QED) is 0.0763. The summed E-state index contributed by atoms with van der Waals surface area (Å²) in [5, 5.41) is 0. The molecule has 0 bridgehead atoms. The summed E-state index contributed by atoms with van der Waals surface area (Å²) in [6.07, 6.45) is 36.4. The molecule has 2 nitrogen and oxygen atoms in total. The lowest BCUT2D eigenvalue weighted by molar-refractivity contribution is -0.143. The minimum Gasteiger partial charge on any atom is -0.465 e. The van der Waals surface area contributed by atoms with Crippen LogP contribution in [-0.4, -0.2) is 12.6 Å². The number of carbonyl (C=O) groups excluding carboxylic acids is 1. The minimum absolute atomic E-state index is 0.0324. The van der Waals surface area contributed by atoms with E-state index in [0.717, 1.165) is 19.3 Å². The summed E-state index contributed by atoms with van der Waals surface area (Å²) in [5.74, 6) is -0.0324. The SMILES string of the molecule is CCCCCCCCCCCCCCCCCCCCCCCCCCCC(=O)OCCc1ccccc1. The van der Waals surface area contributed by atoms with Crippen LogP contribution in [0.5, 0.6) is 0 Å². The molecule has 0 unspecified atom stereocenters. The smallest absolute Gasteiger partial charge is 0.305 e. The lowest BCUT2D eigenvalue weighted by Gasteiger charge is -2.05. The van der Waals surface area contributed by atoms with Gasteiger partial charge < -0.3 is 4.74 Å². The summed E-state index contributed by atoms with van der Waals surface area (Å²) in [4.78, 5) is 11.8. The Hall–Kier alpha value is -1.31. The van der Waals surface area contributed by atoms with Crippen LogP contribution < -0.4 is 0 Å². The molecule has 1 aromatic rings. The Balaban J connectivity index is 1.67. The third-order valence-electron chi connectivity index (χ3n) is 7.98. The Morgan fingerprint density at radius 3 is 1.21 bits per heavy atom. The molecule has 0 amide bonds. The van der Waals surface area contributed by atoms with Crippen molar-refractivity contribution in [1.29, 1.82) is 0 Å². The number of hydrogen-bond donors (Lipinski definition) is 0. The van der Waals surface area contributed by atoms with Crippen molar-refractivity contribution < 1.29 is 9.53 Å². The number of carbonyl (C=O) groups is 1. The maximum Gasteiger partial charge on any atom is 0.305 e. The molecule has 0 N–H and O–H groups in total. The molecule has 0 radical (unpaired) electrons. The second kappa shape index (κ2) is 28.7. The molecule has 1 rings (SSSR count). The summed E-state index contributed by atoms with van der Waals surface area (Å²) in [5.41, 5.74) is 1.23. The number of hydrogen-bond acceptors (Lipinski definition) is 2. The summed E-state index contributed by atoms with van der Waals surface area (Å²) < 4.78 is 5.36. The van der Waals surface area contributed by atoms with Gasteiger partial charge in [-0.1, -0.05) is 191 Å². The van der Waals surface area contributed by atoms with E-state index in [9.17, 15) is 4.79 Å². The van der Waals surface area contributed by atoms with Gasteiger partial charge in [-0.3, -0.25) is 4.79 Å². The highest BCUT2D eigenvalue weighted by Gasteiger charge is 2.03. The monoisotopic (exact) mass is 528 g/mol. The van der Waals surface area contributed by atoms with Gasteiger partial charge in [0.25, 0.3) is 0 Å². The maximum absolute atomic E-state index is 11.8. The van der Waals surface area contributed by atoms with Crippen LogP contribution in [-0.2, 0) is 16.0 Å². The van der Waals surface area contributed by atoms with E-state index in [1.165, 1.54) is 153 Å². The Bertz CT molecular complexity index is 597. The molecule has 0 aliphatic carbocycles. The number of unbranched alkanes of at least 4 members (excludes halogenated alkanes) is 24. The molecular weight excluding hydrogens is 464 g/mol. The molecular formula is C36H64O2. The molecule has 0 aromatic heterocycles. The van der Waals surface area contributed by atoms with Crippen LogP contribution in [0.1, 0.15) is 179 Å². The average molecular weight is 529 g/mol. The van der Waals surface area contributed by atoms with Crippen LogP contribution in [0.3, 0.4) is 0 Å². The molecule has 220 valence electrons. The van der Waals surface area contributed by atoms with Crippen LogP contribution in [0.4, 0.5) is 0 Å². The normalized spacial score (nSPS) is 11.2. The molecule has 0 aliphatic heterocycles. The third-order valence-corrected chi connectivity index (χ3v) is 7.98. The van der Waals surface area contributed by atoms with Crippen molar-refractivity contribution in [2.75, 3.05) is 6.61 Å². The first-order chi connectivity index (χ1) is 18.8. The van der Waals surface area contributed by atoms with Crippen LogP contribution in [0.15, 0.2) is 30.3 Å². The van der Waals surface area contributed by atoms with Gasteiger partial charge in [0.2, 0.25) is 0 Å². The highest BCUT2D eigenvalue weighted by Crippen LogP contribution is 2.16. The van der Waals surface area contributed by atoms with Crippen molar-refractivity contribution in [3.8, 4) is 0 Å². The van der Waals surface area contributed by atoms with Crippen molar-refractivity contribution in [1.82, 2.24) is 0 Å². The maximum atomic E-state index is 11.8. The number of esters is 1. The van der Waals surface area contributed by atoms with Crippen molar-refractivity contribution in [3.63, 3.8) is 0 Å². The highest BCUT2D eigenvalue weighted by atomic mass is 16.5. The predicted octanol–water partition coefficient (Wildman–Crippen LogP) is 11.9. The van der Waals surface area contributed by atoms with E-state index in [4.69, 9.17) is 4.74 Å². The van der Waals surface area contributed by atoms with Gasteiger partial charge in [-0.25, -0.2) is 0 Å². The van der Waals surface area contributed by atoms with E-state index in [1.54, 1.807) is 0 Å². The summed E-state index contributed by atoms with van der Waals surface area (Å²) in [7, 11) is 0. The summed E-state index contributed by atoms with van der Waals surface area (Å²) >= 11 is 0. The lowest BCUT2D eigenvalue weighted by atomic mass is 10.0. The predicted molar refractivity (Wildman–Crippen MR) is 167 cm³/mol. The zero-order chi connectivity index (χ0) is 27.2. The van der Waals surface area contributed by atoms with Crippen LogP contribution in [0.2, 0.25) is 0 Å². The van der Waals surface area contributed by atoms with Crippen molar-refractivity contribution in [2.45, 2.75) is 180 Å². The van der Waals surface area contributed by atoms with Gasteiger partial charge in [0, 0.05) is 12.8 Å². The van der Waals surface area contributed by atoms with Crippen molar-refractivity contribution >= 4 is 5.97 Å². The largest absolute Gasteiger partial charge is 0.465 e. The minimum atomic E-state index is -0.0324. The molecule has 0 heterocycles. The van der Waals surface area contributed by atoms with E-state index >= 15 is 0 Å². The first kappa shape index (κ1) is 34.7. The van der Waals surface area contributed by atoms with Gasteiger partial charge in [0.05, 0.1) is 6.61 Å². The molecule has 0 spiro atoms. The Morgan fingerprint density at radius 1 is 0.500 bits per heavy atom. The standard InChI is InChI=1S/C36H64O2/c1-2-3-4-5-6-7-8-9-10-11-12-13-14-15-16-17-18-19-20-21-22-23-24-25-29-32-36(37)38-34-33-35-30-27-26-28-31-35/h26-28,30-31H,2-25,29,32-34H2,1H3. The van der Waals surface area contributed by atoms with Gasteiger partial charge in [0.15, 0.2) is 0 Å². The van der Waals surface area contributed by atoms with Crippen LogP contribution in [0, 0.1) is 0 Å². The Morgan fingerprint density at radius 2 is 0.842 bits per heavy atom. The Labute approximate surface area is 238 Å². The van der Waals surface area contributed by atoms with E-state index in [0.29, 0.717) is 13.0 Å². The number of rotatable bonds is 29. The van der Waals surface area contributed by atoms with Crippen molar-refractivity contribution in [3.05, 3.63) is 35.9 Å². The third kappa shape index (κ3) is 25.0. The number of benzene rings is 1. The van der Waals surface area contributed by atoms with E-state index in [-0.39, 0.29) is 5.97 Å². The second-order valence-corrected chi connectivity index (χ2v) is 11.7. The average Bonchev–Trinajstić information content (AvgIpc) is 2.93. The second-order valence-electron chi connectivity index (χ2n) is 11.7. The zero-order valence-electron chi connectivity index (χ0n) is 25.5. The Kier molecular flexibility index (Phi) is 26.2. The topological polar surface area (TPSA) is 26.3 Å². The fourth-order valence-electron chi connectivity index (χ4n) is 5.41. The fourth-order valence-corrected chi connectivity index (χ4v) is 5.41. The van der Waals surface area contributed by atoms with Gasteiger partial charge in [-0.05, 0) is 12.0 Å². The highest BCUT2D eigenvalue weighted by molar-refractivity contribution is 5.69. The van der Waals surface area contributed by atoms with Crippen LogP contribution in [0.25, 0.3) is 0 Å². The summed E-state index contributed by atoms with van der Waals surface area (Å²) in [6, 6.07) is 10.2. The first-order valence-corrected chi connectivity index (χ1v) is 17.0. The molecule has 38 heavy (non-hydrogen) atoms. The van der Waals surface area contributed by atoms with E-state index in [1.807, 2.05) is 18.2 Å². The molecule has 0 aliphatic rings. The van der Waals surface area contributed by atoms with Gasteiger partial charge in [-0.2, -0.15) is 0 Å². The zero-order valence-corrected chi connectivity index (χ0v) is 25.5. The summed E-state index contributed by atoms with van der Waals surface area (Å²) in [6.45, 7) is 2.80. The van der Waals surface area contributed by atoms with Gasteiger partial charge in [-0.15, -0.1) is 0 Å². The van der Waals surface area contributed by atoms with Crippen LogP contribution >= 0.6 is 0 Å². The molecule has 0 atom stereocenters. The van der Waals surface area contributed by atoms with Gasteiger partial charge >= 0.3 is 5.97 Å². The van der Waals surface area contributed by atoms with E-state index < -0.39 is 0 Å². The molecule has 2 heteroatoms. The number of ether oxygens (including phenoxy) is 1. The lowest BCUT2D eigenvalue weighted by Crippen LogP contribution is -2.07. The molecule has 0 saturated carbocycles. The van der Waals surface area contributed by atoms with Gasteiger partial charge in [0.1, 0.15) is 0 Å². The molecule has 1 aromatic carbocycles. The van der Waals surface area contributed by atoms with Crippen molar-refractivity contribution in [2.24, 2.45) is 0 Å². The molecule has 0 saturated heterocycles. The fraction of sp³-hybridized carbons (Fsp3) is 0.806. The molecule has 0 fully saturated rings. The van der Waals surface area contributed by atoms with E-state index in [2.05, 4.69) is 19.1 Å².